The molecule has 172 valence electrons. The van der Waals surface area contributed by atoms with E-state index in [9.17, 15) is 18.3 Å². The van der Waals surface area contributed by atoms with Crippen LogP contribution in [0.1, 0.15) is 34.6 Å². The Balaban J connectivity index is 1.55. The normalized spacial score (nSPS) is 15.4. The molecule has 1 fully saturated rings. The summed E-state index contributed by atoms with van der Waals surface area (Å²) in [6.07, 6.45) is 1.97. The van der Waals surface area contributed by atoms with Crippen LogP contribution in [0.15, 0.2) is 47.5 Å². The van der Waals surface area contributed by atoms with Gasteiger partial charge < -0.3 is 5.11 Å². The first-order valence-corrected chi connectivity index (χ1v) is 11.9. The Labute approximate surface area is 191 Å². The first-order chi connectivity index (χ1) is 15.7. The van der Waals surface area contributed by atoms with E-state index >= 15 is 0 Å². The van der Waals surface area contributed by atoms with Gasteiger partial charge in [-0.3, -0.25) is 15.1 Å². The topological polar surface area (TPSA) is 138 Å². The molecule has 1 aliphatic heterocycles. The maximum absolute atomic E-state index is 12.9. The van der Waals surface area contributed by atoms with Crippen molar-refractivity contribution in [3.8, 4) is 11.5 Å². The van der Waals surface area contributed by atoms with Crippen molar-refractivity contribution < 1.29 is 18.3 Å². The van der Waals surface area contributed by atoms with E-state index in [1.54, 1.807) is 32.2 Å². The smallest absolute Gasteiger partial charge is 0.258 e. The average Bonchev–Trinajstić information content (AvgIpc) is 2.79. The van der Waals surface area contributed by atoms with Crippen LogP contribution >= 0.6 is 0 Å². The van der Waals surface area contributed by atoms with Gasteiger partial charge in [-0.1, -0.05) is 6.07 Å². The number of carbonyl (C=O) groups excluding carboxylic acids is 1. The third-order valence-electron chi connectivity index (χ3n) is 5.37. The van der Waals surface area contributed by atoms with Crippen molar-refractivity contribution in [2.24, 2.45) is 0 Å². The van der Waals surface area contributed by atoms with E-state index in [4.69, 9.17) is 0 Å². The highest BCUT2D eigenvalue weighted by Gasteiger charge is 2.29. The SMILES string of the molecule is Cc1nc(NC(=O)c2ccc(S(=O)(=O)N3CCC(O)CC3)cc2C)nc(-c2ccccn2)n1. The summed E-state index contributed by atoms with van der Waals surface area (Å²) in [4.78, 5) is 29.9. The fourth-order valence-electron chi connectivity index (χ4n) is 3.60. The summed E-state index contributed by atoms with van der Waals surface area (Å²) in [6, 6.07) is 9.72. The summed E-state index contributed by atoms with van der Waals surface area (Å²) in [5.74, 6) is 0.375. The number of nitrogens with one attached hydrogen (secondary N) is 1. The molecular formula is C22H24N6O4S. The summed E-state index contributed by atoms with van der Waals surface area (Å²) in [6.45, 7) is 3.89. The van der Waals surface area contributed by atoms with Crippen LogP contribution in [0.3, 0.4) is 0 Å². The molecule has 0 bridgehead atoms. The molecule has 11 heteroatoms. The number of amides is 1. The van der Waals surface area contributed by atoms with Gasteiger partial charge >= 0.3 is 0 Å². The third kappa shape index (κ3) is 5.05. The minimum atomic E-state index is -3.70. The van der Waals surface area contributed by atoms with Crippen molar-refractivity contribution >= 4 is 21.9 Å². The van der Waals surface area contributed by atoms with Crippen molar-refractivity contribution in [1.29, 1.82) is 0 Å². The third-order valence-corrected chi connectivity index (χ3v) is 7.26. The zero-order valence-electron chi connectivity index (χ0n) is 18.3. The molecular weight excluding hydrogens is 444 g/mol. The van der Waals surface area contributed by atoms with Crippen LogP contribution in [0, 0.1) is 13.8 Å². The van der Waals surface area contributed by atoms with Crippen LogP contribution in [-0.4, -0.2) is 62.9 Å². The number of rotatable bonds is 5. The zero-order chi connectivity index (χ0) is 23.6. The van der Waals surface area contributed by atoms with E-state index in [2.05, 4.69) is 25.3 Å². The number of carbonyl (C=O) groups is 1. The lowest BCUT2D eigenvalue weighted by molar-refractivity contribution is 0.102. The Morgan fingerprint density at radius 2 is 1.85 bits per heavy atom. The lowest BCUT2D eigenvalue weighted by Gasteiger charge is -2.28. The summed E-state index contributed by atoms with van der Waals surface area (Å²) < 4.78 is 27.2. The van der Waals surface area contributed by atoms with E-state index < -0.39 is 22.0 Å². The van der Waals surface area contributed by atoms with Crippen molar-refractivity contribution in [2.75, 3.05) is 18.4 Å². The van der Waals surface area contributed by atoms with Crippen LogP contribution in [0.2, 0.25) is 0 Å². The number of hydrogen-bond acceptors (Lipinski definition) is 8. The minimum Gasteiger partial charge on any atom is -0.393 e. The van der Waals surface area contributed by atoms with Crippen LogP contribution in [0.5, 0.6) is 0 Å². The van der Waals surface area contributed by atoms with Crippen LogP contribution in [0.4, 0.5) is 5.95 Å². The highest BCUT2D eigenvalue weighted by molar-refractivity contribution is 7.89. The molecule has 1 aliphatic rings. The lowest BCUT2D eigenvalue weighted by atomic mass is 10.1. The molecule has 10 nitrogen and oxygen atoms in total. The molecule has 3 heterocycles. The lowest BCUT2D eigenvalue weighted by Crippen LogP contribution is -2.40. The first kappa shape index (κ1) is 22.9. The Bertz CT molecular complexity index is 1280. The van der Waals surface area contributed by atoms with Crippen molar-refractivity contribution in [3.05, 3.63) is 59.5 Å². The average molecular weight is 469 g/mol. The molecule has 1 amide bonds. The number of sulfonamides is 1. The molecule has 2 aromatic heterocycles. The van der Waals surface area contributed by atoms with Gasteiger partial charge in [0.1, 0.15) is 11.5 Å². The monoisotopic (exact) mass is 468 g/mol. The van der Waals surface area contributed by atoms with Crippen LogP contribution in [0.25, 0.3) is 11.5 Å². The second-order valence-corrected chi connectivity index (χ2v) is 9.75. The number of anilines is 1. The van der Waals surface area contributed by atoms with Gasteiger partial charge in [0.2, 0.25) is 16.0 Å². The first-order valence-electron chi connectivity index (χ1n) is 10.5. The van der Waals surface area contributed by atoms with E-state index in [-0.39, 0.29) is 23.9 Å². The Morgan fingerprint density at radius 1 is 1.09 bits per heavy atom. The van der Waals surface area contributed by atoms with Crippen molar-refractivity contribution in [3.63, 3.8) is 0 Å². The summed E-state index contributed by atoms with van der Waals surface area (Å²) in [5, 5.41) is 12.3. The minimum absolute atomic E-state index is 0.0797. The number of aliphatic hydroxyl groups excluding tert-OH is 1. The van der Waals surface area contributed by atoms with Gasteiger partial charge in [-0.2, -0.15) is 14.3 Å². The van der Waals surface area contributed by atoms with Crippen molar-refractivity contribution in [1.82, 2.24) is 24.2 Å². The van der Waals surface area contributed by atoms with Gasteiger partial charge in [0.05, 0.1) is 11.0 Å². The van der Waals surface area contributed by atoms with Crippen LogP contribution < -0.4 is 5.32 Å². The molecule has 1 aromatic carbocycles. The fraction of sp³-hybridized carbons (Fsp3) is 0.318. The Kier molecular flexibility index (Phi) is 6.45. The molecule has 33 heavy (non-hydrogen) atoms. The molecule has 4 rings (SSSR count). The summed E-state index contributed by atoms with van der Waals surface area (Å²) >= 11 is 0. The molecule has 0 aliphatic carbocycles. The van der Waals surface area contributed by atoms with Gasteiger partial charge in [0.25, 0.3) is 5.91 Å². The molecule has 0 radical (unpaired) electrons. The fourth-order valence-corrected chi connectivity index (χ4v) is 5.15. The van der Waals surface area contributed by atoms with Crippen molar-refractivity contribution in [2.45, 2.75) is 37.7 Å². The summed E-state index contributed by atoms with van der Waals surface area (Å²) in [7, 11) is -3.70. The standard InChI is InChI=1S/C22H24N6O4S/c1-14-13-17(33(31,32)28-11-8-16(29)9-12-28)6-7-18(14)21(30)27-22-25-15(2)24-20(26-22)19-5-3-4-10-23-19/h3-7,10,13,16,29H,8-9,11-12H2,1-2H3,(H,24,25,26,27,30). The molecule has 0 saturated carbocycles. The largest absolute Gasteiger partial charge is 0.393 e. The molecule has 3 aromatic rings. The van der Waals surface area contributed by atoms with E-state index in [0.29, 0.717) is 41.3 Å². The maximum Gasteiger partial charge on any atom is 0.258 e. The summed E-state index contributed by atoms with van der Waals surface area (Å²) in [5.41, 5.74) is 1.36. The quantitative estimate of drug-likeness (QED) is 0.579. The molecule has 0 spiro atoms. The van der Waals surface area contributed by atoms with Gasteiger partial charge in [-0.15, -0.1) is 0 Å². The number of benzene rings is 1. The maximum atomic E-state index is 12.9. The van der Waals surface area contributed by atoms with Gasteiger partial charge in [0, 0.05) is 24.8 Å². The zero-order valence-corrected chi connectivity index (χ0v) is 19.1. The Hall–Kier alpha value is -3.28. The Morgan fingerprint density at radius 3 is 2.52 bits per heavy atom. The number of hydrogen-bond donors (Lipinski definition) is 2. The highest BCUT2D eigenvalue weighted by Crippen LogP contribution is 2.23. The highest BCUT2D eigenvalue weighted by atomic mass is 32.2. The second-order valence-electron chi connectivity index (χ2n) is 7.81. The number of aryl methyl sites for hydroxylation is 2. The molecule has 0 atom stereocenters. The molecule has 2 N–H and O–H groups in total. The number of piperidine rings is 1. The predicted molar refractivity (Wildman–Crippen MR) is 121 cm³/mol. The molecule has 0 unspecified atom stereocenters. The van der Waals surface area contributed by atoms with Gasteiger partial charge in [0.15, 0.2) is 5.82 Å². The van der Waals surface area contributed by atoms with Gasteiger partial charge in [-0.05, 0) is 62.6 Å². The second kappa shape index (κ2) is 9.30. The van der Waals surface area contributed by atoms with Gasteiger partial charge in [-0.25, -0.2) is 13.4 Å². The molecule has 1 saturated heterocycles. The number of aliphatic hydroxyl groups is 1. The number of nitrogens with zero attached hydrogens (tertiary/aromatic N) is 5. The van der Waals surface area contributed by atoms with Crippen LogP contribution in [-0.2, 0) is 10.0 Å². The number of aromatic nitrogens is 4. The number of pyridine rings is 1. The van der Waals surface area contributed by atoms with E-state index in [0.717, 1.165) is 0 Å². The predicted octanol–water partition coefficient (Wildman–Crippen LogP) is 1.95. The van der Waals surface area contributed by atoms with E-state index in [1.165, 1.54) is 22.5 Å². The van der Waals surface area contributed by atoms with E-state index in [1.807, 2.05) is 6.07 Å².